The summed E-state index contributed by atoms with van der Waals surface area (Å²) in [5.41, 5.74) is 1.02. The lowest BCUT2D eigenvalue weighted by Gasteiger charge is -2.17. The van der Waals surface area contributed by atoms with Crippen molar-refractivity contribution in [3.63, 3.8) is 0 Å². The standard InChI is InChI=1S/C18H26N2O3S/c1-18(2,3)24-12-16(21)20-15-9-5-4-8-14(15)17(22)19-11-13-7-6-10-23-13/h4-5,8-9,13H,6-7,10-12H2,1-3H3,(H,19,22)(H,20,21). The number of benzene rings is 1. The minimum atomic E-state index is -0.190. The number of ether oxygens (including phenoxy) is 1. The molecule has 5 nitrogen and oxygen atoms in total. The van der Waals surface area contributed by atoms with Gasteiger partial charge in [0.2, 0.25) is 5.91 Å². The molecule has 1 aliphatic heterocycles. The van der Waals surface area contributed by atoms with Crippen molar-refractivity contribution in [1.82, 2.24) is 5.32 Å². The van der Waals surface area contributed by atoms with Gasteiger partial charge in [0.25, 0.3) is 5.91 Å². The normalized spacial score (nSPS) is 17.5. The summed E-state index contributed by atoms with van der Waals surface area (Å²) in [6.45, 7) is 7.46. The van der Waals surface area contributed by atoms with E-state index in [0.29, 0.717) is 23.5 Å². The Labute approximate surface area is 147 Å². The van der Waals surface area contributed by atoms with Gasteiger partial charge in [0.15, 0.2) is 0 Å². The van der Waals surface area contributed by atoms with E-state index < -0.39 is 0 Å². The van der Waals surface area contributed by atoms with Gasteiger partial charge in [-0.3, -0.25) is 9.59 Å². The van der Waals surface area contributed by atoms with E-state index in [9.17, 15) is 9.59 Å². The third-order valence-electron chi connectivity index (χ3n) is 3.60. The minimum absolute atomic E-state index is 0.0233. The molecular formula is C18H26N2O3S. The molecule has 2 N–H and O–H groups in total. The molecule has 1 fully saturated rings. The molecule has 1 aromatic rings. The molecule has 0 radical (unpaired) electrons. The zero-order valence-electron chi connectivity index (χ0n) is 14.6. The molecule has 0 aliphatic carbocycles. The summed E-state index contributed by atoms with van der Waals surface area (Å²) in [6.07, 6.45) is 2.11. The number of carbonyl (C=O) groups is 2. The number of carbonyl (C=O) groups excluding carboxylic acids is 2. The van der Waals surface area contributed by atoms with E-state index in [1.807, 2.05) is 6.07 Å². The van der Waals surface area contributed by atoms with Crippen molar-refractivity contribution in [3.8, 4) is 0 Å². The molecule has 0 spiro atoms. The van der Waals surface area contributed by atoms with Gasteiger partial charge in [-0.05, 0) is 25.0 Å². The SMILES string of the molecule is CC(C)(C)SCC(=O)Nc1ccccc1C(=O)NCC1CCCO1. The number of rotatable bonds is 6. The summed E-state index contributed by atoms with van der Waals surface area (Å²) < 4.78 is 5.53. The summed E-state index contributed by atoms with van der Waals surface area (Å²) in [6, 6.07) is 7.07. The van der Waals surface area contributed by atoms with Crippen molar-refractivity contribution in [2.45, 2.75) is 44.5 Å². The van der Waals surface area contributed by atoms with Crippen LogP contribution in [0.1, 0.15) is 44.0 Å². The monoisotopic (exact) mass is 350 g/mol. The summed E-state index contributed by atoms with van der Waals surface area (Å²) in [7, 11) is 0. The summed E-state index contributed by atoms with van der Waals surface area (Å²) in [5, 5.41) is 5.73. The highest BCUT2D eigenvalue weighted by Crippen LogP contribution is 2.23. The van der Waals surface area contributed by atoms with Crippen LogP contribution in [0.4, 0.5) is 5.69 Å². The Kier molecular flexibility index (Phi) is 6.69. The molecule has 1 heterocycles. The number of anilines is 1. The van der Waals surface area contributed by atoms with Crippen LogP contribution < -0.4 is 10.6 Å². The van der Waals surface area contributed by atoms with Gasteiger partial charge in [0, 0.05) is 17.9 Å². The highest BCUT2D eigenvalue weighted by molar-refractivity contribution is 8.01. The highest BCUT2D eigenvalue weighted by Gasteiger charge is 2.19. The van der Waals surface area contributed by atoms with Gasteiger partial charge in [-0.1, -0.05) is 32.9 Å². The number of hydrogen-bond donors (Lipinski definition) is 2. The van der Waals surface area contributed by atoms with Crippen LogP contribution in [0.15, 0.2) is 24.3 Å². The molecule has 1 unspecified atom stereocenters. The zero-order valence-corrected chi connectivity index (χ0v) is 15.4. The Hall–Kier alpha value is -1.53. The van der Waals surface area contributed by atoms with Crippen LogP contribution in [0.25, 0.3) is 0 Å². The fraction of sp³-hybridized carbons (Fsp3) is 0.556. The van der Waals surface area contributed by atoms with Crippen molar-refractivity contribution >= 4 is 29.3 Å². The van der Waals surface area contributed by atoms with E-state index in [1.165, 1.54) is 0 Å². The molecule has 0 saturated carbocycles. The first-order valence-electron chi connectivity index (χ1n) is 8.28. The van der Waals surface area contributed by atoms with E-state index >= 15 is 0 Å². The quantitative estimate of drug-likeness (QED) is 0.827. The first kappa shape index (κ1) is 18.8. The van der Waals surface area contributed by atoms with Gasteiger partial charge in [-0.15, -0.1) is 11.8 Å². The van der Waals surface area contributed by atoms with Crippen molar-refractivity contribution in [2.75, 3.05) is 24.2 Å². The van der Waals surface area contributed by atoms with Gasteiger partial charge < -0.3 is 15.4 Å². The number of nitrogens with one attached hydrogen (secondary N) is 2. The Bertz CT molecular complexity index is 578. The van der Waals surface area contributed by atoms with Crippen molar-refractivity contribution < 1.29 is 14.3 Å². The summed E-state index contributed by atoms with van der Waals surface area (Å²) in [4.78, 5) is 24.5. The first-order valence-corrected chi connectivity index (χ1v) is 9.26. The second-order valence-electron chi connectivity index (χ2n) is 6.84. The van der Waals surface area contributed by atoms with Gasteiger partial charge in [0.1, 0.15) is 0 Å². The highest BCUT2D eigenvalue weighted by atomic mass is 32.2. The van der Waals surface area contributed by atoms with Crippen LogP contribution in [0.3, 0.4) is 0 Å². The van der Waals surface area contributed by atoms with Crippen LogP contribution in [-0.2, 0) is 9.53 Å². The van der Waals surface area contributed by atoms with Gasteiger partial charge in [0.05, 0.1) is 23.1 Å². The van der Waals surface area contributed by atoms with E-state index in [2.05, 4.69) is 31.4 Å². The molecule has 1 aromatic carbocycles. The Morgan fingerprint density at radius 1 is 1.29 bits per heavy atom. The maximum atomic E-state index is 12.4. The van der Waals surface area contributed by atoms with Crippen LogP contribution in [0.2, 0.25) is 0 Å². The Balaban J connectivity index is 1.93. The van der Waals surface area contributed by atoms with Gasteiger partial charge in [-0.2, -0.15) is 0 Å². The van der Waals surface area contributed by atoms with Gasteiger partial charge >= 0.3 is 0 Å². The van der Waals surface area contributed by atoms with Crippen LogP contribution in [0, 0.1) is 0 Å². The number of amides is 2. The average molecular weight is 350 g/mol. The lowest BCUT2D eigenvalue weighted by atomic mass is 10.1. The smallest absolute Gasteiger partial charge is 0.253 e. The summed E-state index contributed by atoms with van der Waals surface area (Å²) >= 11 is 1.57. The van der Waals surface area contributed by atoms with Gasteiger partial charge in [-0.25, -0.2) is 0 Å². The fourth-order valence-corrected chi connectivity index (χ4v) is 3.00. The Morgan fingerprint density at radius 2 is 2.04 bits per heavy atom. The third kappa shape index (κ3) is 6.17. The second-order valence-corrected chi connectivity index (χ2v) is 8.64. The van der Waals surface area contributed by atoms with Crippen molar-refractivity contribution in [1.29, 1.82) is 0 Å². The molecule has 6 heteroatoms. The molecule has 2 rings (SSSR count). The fourth-order valence-electron chi connectivity index (χ4n) is 2.37. The van der Waals surface area contributed by atoms with Crippen LogP contribution >= 0.6 is 11.8 Å². The lowest BCUT2D eigenvalue weighted by molar-refractivity contribution is -0.113. The minimum Gasteiger partial charge on any atom is -0.376 e. The maximum Gasteiger partial charge on any atom is 0.253 e. The third-order valence-corrected chi connectivity index (χ3v) is 4.87. The average Bonchev–Trinajstić information content (AvgIpc) is 3.04. The van der Waals surface area contributed by atoms with Crippen molar-refractivity contribution in [3.05, 3.63) is 29.8 Å². The first-order chi connectivity index (χ1) is 11.3. The molecule has 0 bridgehead atoms. The van der Waals surface area contributed by atoms with E-state index in [-0.39, 0.29) is 22.7 Å². The van der Waals surface area contributed by atoms with E-state index in [1.54, 1.807) is 30.0 Å². The van der Waals surface area contributed by atoms with Crippen LogP contribution in [0.5, 0.6) is 0 Å². The summed E-state index contributed by atoms with van der Waals surface area (Å²) in [5.74, 6) is 0.0641. The number of thioether (sulfide) groups is 1. The maximum absolute atomic E-state index is 12.4. The molecular weight excluding hydrogens is 324 g/mol. The molecule has 1 atom stereocenters. The molecule has 0 aromatic heterocycles. The topological polar surface area (TPSA) is 67.4 Å². The molecule has 2 amide bonds. The molecule has 1 saturated heterocycles. The predicted molar refractivity (Wildman–Crippen MR) is 98.6 cm³/mol. The number of para-hydroxylation sites is 1. The van der Waals surface area contributed by atoms with Crippen molar-refractivity contribution in [2.24, 2.45) is 0 Å². The van der Waals surface area contributed by atoms with Crippen LogP contribution in [-0.4, -0.2) is 41.6 Å². The second kappa shape index (κ2) is 8.53. The zero-order chi connectivity index (χ0) is 17.6. The largest absolute Gasteiger partial charge is 0.376 e. The lowest BCUT2D eigenvalue weighted by Crippen LogP contribution is -2.32. The van der Waals surface area contributed by atoms with E-state index in [0.717, 1.165) is 19.4 Å². The molecule has 132 valence electrons. The molecule has 24 heavy (non-hydrogen) atoms. The van der Waals surface area contributed by atoms with E-state index in [4.69, 9.17) is 4.74 Å². The molecule has 1 aliphatic rings. The number of hydrogen-bond acceptors (Lipinski definition) is 4. The predicted octanol–water partition coefficient (Wildman–Crippen LogP) is 3.07. The Morgan fingerprint density at radius 3 is 2.71 bits per heavy atom.